The lowest BCUT2D eigenvalue weighted by Gasteiger charge is -2.12. The molecule has 0 atom stereocenters. The van der Waals surface area contributed by atoms with Crippen molar-refractivity contribution in [1.82, 2.24) is 0 Å². The van der Waals surface area contributed by atoms with E-state index in [-0.39, 0.29) is 6.61 Å². The average Bonchev–Trinajstić information content (AvgIpc) is 2.35. The van der Waals surface area contributed by atoms with Crippen LogP contribution in [0.1, 0.15) is 31.2 Å². The summed E-state index contributed by atoms with van der Waals surface area (Å²) < 4.78 is 6.70. The summed E-state index contributed by atoms with van der Waals surface area (Å²) >= 11 is 3.47. The summed E-state index contributed by atoms with van der Waals surface area (Å²) in [6.07, 6.45) is 4.02. The van der Waals surface area contributed by atoms with Gasteiger partial charge in [0.2, 0.25) is 0 Å². The SMILES string of the molecule is NCc1cccc(Br)c1OCCCCCCO. The molecular formula is C13H20BrNO2. The van der Waals surface area contributed by atoms with Gasteiger partial charge in [0.15, 0.2) is 0 Å². The van der Waals surface area contributed by atoms with Crippen molar-refractivity contribution in [3.63, 3.8) is 0 Å². The molecule has 96 valence electrons. The molecule has 1 rings (SSSR count). The number of aliphatic hydroxyl groups is 1. The lowest BCUT2D eigenvalue weighted by atomic mass is 10.2. The van der Waals surface area contributed by atoms with Crippen molar-refractivity contribution in [2.75, 3.05) is 13.2 Å². The van der Waals surface area contributed by atoms with Crippen LogP contribution in [0, 0.1) is 0 Å². The second-order valence-electron chi connectivity index (χ2n) is 3.92. The van der Waals surface area contributed by atoms with Gasteiger partial charge in [-0.1, -0.05) is 18.6 Å². The average molecular weight is 302 g/mol. The van der Waals surface area contributed by atoms with Crippen molar-refractivity contribution in [2.24, 2.45) is 5.73 Å². The van der Waals surface area contributed by atoms with Gasteiger partial charge >= 0.3 is 0 Å². The minimum Gasteiger partial charge on any atom is -0.492 e. The van der Waals surface area contributed by atoms with E-state index >= 15 is 0 Å². The van der Waals surface area contributed by atoms with E-state index in [1.54, 1.807) is 0 Å². The van der Waals surface area contributed by atoms with Gasteiger partial charge in [-0.25, -0.2) is 0 Å². The van der Waals surface area contributed by atoms with E-state index in [9.17, 15) is 0 Å². The number of halogens is 1. The van der Waals surface area contributed by atoms with Crippen LogP contribution in [-0.4, -0.2) is 18.3 Å². The van der Waals surface area contributed by atoms with Crippen molar-refractivity contribution in [3.05, 3.63) is 28.2 Å². The maximum atomic E-state index is 8.65. The molecule has 3 N–H and O–H groups in total. The Hall–Kier alpha value is -0.580. The normalized spacial score (nSPS) is 10.5. The smallest absolute Gasteiger partial charge is 0.137 e. The van der Waals surface area contributed by atoms with E-state index in [0.29, 0.717) is 13.2 Å². The first-order valence-corrected chi connectivity index (χ1v) is 6.80. The Kier molecular flexibility index (Phi) is 7.24. The maximum Gasteiger partial charge on any atom is 0.137 e. The molecule has 0 unspecified atom stereocenters. The molecule has 0 aliphatic carbocycles. The molecule has 0 heterocycles. The van der Waals surface area contributed by atoms with Crippen molar-refractivity contribution in [1.29, 1.82) is 0 Å². The van der Waals surface area contributed by atoms with Crippen LogP contribution in [0.2, 0.25) is 0 Å². The van der Waals surface area contributed by atoms with Crippen molar-refractivity contribution >= 4 is 15.9 Å². The summed E-state index contributed by atoms with van der Waals surface area (Å²) in [6, 6.07) is 5.90. The number of unbranched alkanes of at least 4 members (excludes halogenated alkanes) is 3. The second kappa shape index (κ2) is 8.50. The van der Waals surface area contributed by atoms with Crippen LogP contribution >= 0.6 is 15.9 Å². The van der Waals surface area contributed by atoms with Crippen LogP contribution < -0.4 is 10.5 Å². The van der Waals surface area contributed by atoms with Crippen molar-refractivity contribution < 1.29 is 9.84 Å². The molecule has 0 amide bonds. The third-order valence-corrected chi connectivity index (χ3v) is 3.19. The fourth-order valence-electron chi connectivity index (χ4n) is 1.62. The van der Waals surface area contributed by atoms with Crippen LogP contribution in [0.25, 0.3) is 0 Å². The van der Waals surface area contributed by atoms with Gasteiger partial charge in [0.1, 0.15) is 5.75 Å². The van der Waals surface area contributed by atoms with Gasteiger partial charge in [0.05, 0.1) is 11.1 Å². The van der Waals surface area contributed by atoms with Gasteiger partial charge in [-0.15, -0.1) is 0 Å². The summed E-state index contributed by atoms with van der Waals surface area (Å²) in [7, 11) is 0. The Morgan fingerprint density at radius 2 is 1.94 bits per heavy atom. The Labute approximate surface area is 111 Å². The van der Waals surface area contributed by atoms with Gasteiger partial charge < -0.3 is 15.6 Å². The van der Waals surface area contributed by atoms with Gasteiger partial charge in [-0.2, -0.15) is 0 Å². The van der Waals surface area contributed by atoms with Gasteiger partial charge in [0, 0.05) is 18.7 Å². The molecule has 0 radical (unpaired) electrons. The van der Waals surface area contributed by atoms with Crippen LogP contribution in [-0.2, 0) is 6.54 Å². The number of para-hydroxylation sites is 1. The third-order valence-electron chi connectivity index (χ3n) is 2.57. The molecule has 0 aliphatic heterocycles. The highest BCUT2D eigenvalue weighted by Crippen LogP contribution is 2.28. The van der Waals surface area contributed by atoms with E-state index in [2.05, 4.69) is 15.9 Å². The zero-order valence-corrected chi connectivity index (χ0v) is 11.6. The van der Waals surface area contributed by atoms with Gasteiger partial charge in [0.25, 0.3) is 0 Å². The highest BCUT2D eigenvalue weighted by atomic mass is 79.9. The highest BCUT2D eigenvalue weighted by Gasteiger charge is 2.06. The maximum absolute atomic E-state index is 8.65. The molecule has 0 spiro atoms. The molecule has 1 aromatic rings. The van der Waals surface area contributed by atoms with Gasteiger partial charge in [-0.3, -0.25) is 0 Å². The largest absolute Gasteiger partial charge is 0.492 e. The topological polar surface area (TPSA) is 55.5 Å². The summed E-state index contributed by atoms with van der Waals surface area (Å²) in [5, 5.41) is 8.65. The lowest BCUT2D eigenvalue weighted by molar-refractivity contribution is 0.272. The van der Waals surface area contributed by atoms with Crippen molar-refractivity contribution in [2.45, 2.75) is 32.2 Å². The third kappa shape index (κ3) is 5.06. The zero-order chi connectivity index (χ0) is 12.5. The number of benzene rings is 1. The Morgan fingerprint density at radius 3 is 2.65 bits per heavy atom. The lowest BCUT2D eigenvalue weighted by Crippen LogP contribution is -2.04. The zero-order valence-electron chi connectivity index (χ0n) is 9.99. The molecule has 0 aromatic heterocycles. The van der Waals surface area contributed by atoms with E-state index in [1.807, 2.05) is 18.2 Å². The van der Waals surface area contributed by atoms with Crippen molar-refractivity contribution in [3.8, 4) is 5.75 Å². The quantitative estimate of drug-likeness (QED) is 0.726. The molecule has 4 heteroatoms. The molecule has 0 saturated carbocycles. The van der Waals surface area contributed by atoms with Crippen LogP contribution in [0.3, 0.4) is 0 Å². The summed E-state index contributed by atoms with van der Waals surface area (Å²) in [4.78, 5) is 0. The number of ether oxygens (including phenoxy) is 1. The van der Waals surface area contributed by atoms with Crippen LogP contribution in [0.15, 0.2) is 22.7 Å². The summed E-state index contributed by atoms with van der Waals surface area (Å²) in [5.41, 5.74) is 6.68. The Balaban J connectivity index is 2.35. The van der Waals surface area contributed by atoms with E-state index < -0.39 is 0 Å². The van der Waals surface area contributed by atoms with Gasteiger partial charge in [-0.05, 0) is 41.3 Å². The first kappa shape index (κ1) is 14.5. The molecular weight excluding hydrogens is 282 g/mol. The van der Waals surface area contributed by atoms with E-state index in [1.165, 1.54) is 0 Å². The number of hydrogen-bond donors (Lipinski definition) is 2. The van der Waals surface area contributed by atoms with Crippen LogP contribution in [0.5, 0.6) is 5.75 Å². The first-order chi connectivity index (χ1) is 8.29. The fraction of sp³-hybridized carbons (Fsp3) is 0.538. The number of aliphatic hydroxyl groups excluding tert-OH is 1. The summed E-state index contributed by atoms with van der Waals surface area (Å²) in [5.74, 6) is 0.858. The standard InChI is InChI=1S/C13H20BrNO2/c14-12-7-5-6-11(10-15)13(12)17-9-4-2-1-3-8-16/h5-7,16H,1-4,8-10,15H2. The predicted octanol–water partition coefficient (Wildman–Crippen LogP) is 2.84. The molecule has 0 bridgehead atoms. The Bertz CT molecular complexity index is 331. The minimum atomic E-state index is 0.280. The molecule has 17 heavy (non-hydrogen) atoms. The number of nitrogens with two attached hydrogens (primary N) is 1. The molecule has 1 aromatic carbocycles. The Morgan fingerprint density at radius 1 is 1.18 bits per heavy atom. The molecule has 0 fully saturated rings. The van der Waals surface area contributed by atoms with E-state index in [4.69, 9.17) is 15.6 Å². The van der Waals surface area contributed by atoms with Crippen LogP contribution in [0.4, 0.5) is 0 Å². The first-order valence-electron chi connectivity index (χ1n) is 6.00. The van der Waals surface area contributed by atoms with E-state index in [0.717, 1.165) is 41.5 Å². The molecule has 0 aliphatic rings. The fourth-order valence-corrected chi connectivity index (χ4v) is 2.14. The minimum absolute atomic E-state index is 0.280. The number of rotatable bonds is 8. The highest BCUT2D eigenvalue weighted by molar-refractivity contribution is 9.10. The second-order valence-corrected chi connectivity index (χ2v) is 4.77. The molecule has 0 saturated heterocycles. The number of hydrogen-bond acceptors (Lipinski definition) is 3. The predicted molar refractivity (Wildman–Crippen MR) is 73.1 cm³/mol. The molecule has 3 nitrogen and oxygen atoms in total. The monoisotopic (exact) mass is 301 g/mol. The summed E-state index contributed by atoms with van der Waals surface area (Å²) in [6.45, 7) is 1.46.